The molecule has 0 heterocycles. The van der Waals surface area contributed by atoms with E-state index in [-0.39, 0.29) is 25.9 Å². The van der Waals surface area contributed by atoms with Crippen LogP contribution in [0.25, 0.3) is 0 Å². The zero-order valence-corrected chi connectivity index (χ0v) is 12.1. The number of carboxylic acid groups (broad SMARTS) is 1. The van der Waals surface area contributed by atoms with E-state index >= 15 is 0 Å². The van der Waals surface area contributed by atoms with E-state index in [0.29, 0.717) is 6.42 Å². The highest BCUT2D eigenvalue weighted by atomic mass is 32.2. The van der Waals surface area contributed by atoms with Crippen LogP contribution in [0.1, 0.15) is 39.5 Å². The van der Waals surface area contributed by atoms with Crippen LogP contribution in [0.3, 0.4) is 0 Å². The molecular weight excluding hydrogens is 270 g/mol. The molecule has 19 heavy (non-hydrogen) atoms. The van der Waals surface area contributed by atoms with Crippen molar-refractivity contribution in [3.05, 3.63) is 0 Å². The van der Waals surface area contributed by atoms with Gasteiger partial charge in [-0.05, 0) is 6.42 Å². The Morgan fingerprint density at radius 1 is 1.47 bits per heavy atom. The zero-order valence-electron chi connectivity index (χ0n) is 11.3. The summed E-state index contributed by atoms with van der Waals surface area (Å²) < 4.78 is 27.2. The highest BCUT2D eigenvalue weighted by molar-refractivity contribution is 7.87. The molecular formula is C11H21N3O4S. The van der Waals surface area contributed by atoms with Crippen LogP contribution >= 0.6 is 0 Å². The van der Waals surface area contributed by atoms with E-state index in [1.165, 1.54) is 0 Å². The Bertz CT molecular complexity index is 416. The second-order valence-electron chi connectivity index (χ2n) is 4.06. The maximum absolute atomic E-state index is 12.0. The molecule has 8 heteroatoms. The fraction of sp³-hybridized carbons (Fsp3) is 0.818. The Morgan fingerprint density at radius 3 is 2.53 bits per heavy atom. The number of hydrogen-bond acceptors (Lipinski definition) is 4. The van der Waals surface area contributed by atoms with Gasteiger partial charge in [-0.15, -0.1) is 0 Å². The SMILES string of the molecule is CCCC[C@H](NS(=O)(=O)N(CC)CCC#N)C(=O)O. The topological polar surface area (TPSA) is 111 Å². The maximum Gasteiger partial charge on any atom is 0.321 e. The van der Waals surface area contributed by atoms with Crippen LogP contribution in [0.5, 0.6) is 0 Å². The molecule has 0 rings (SSSR count). The first kappa shape index (κ1) is 17.8. The molecule has 2 N–H and O–H groups in total. The largest absolute Gasteiger partial charge is 0.480 e. The average molecular weight is 291 g/mol. The first-order chi connectivity index (χ1) is 8.88. The average Bonchev–Trinajstić information content (AvgIpc) is 2.34. The highest BCUT2D eigenvalue weighted by Gasteiger charge is 2.27. The molecule has 0 amide bonds. The van der Waals surface area contributed by atoms with E-state index in [9.17, 15) is 13.2 Å². The van der Waals surface area contributed by atoms with E-state index in [2.05, 4.69) is 4.72 Å². The Hall–Kier alpha value is -1.17. The number of rotatable bonds is 10. The van der Waals surface area contributed by atoms with Gasteiger partial charge in [0, 0.05) is 19.5 Å². The maximum atomic E-state index is 12.0. The van der Waals surface area contributed by atoms with Gasteiger partial charge in [-0.3, -0.25) is 4.79 Å². The molecule has 0 aromatic rings. The number of hydrogen-bond donors (Lipinski definition) is 2. The molecule has 0 aliphatic rings. The minimum atomic E-state index is -3.87. The molecule has 0 aliphatic heterocycles. The summed E-state index contributed by atoms with van der Waals surface area (Å²) in [7, 11) is -3.87. The van der Waals surface area contributed by atoms with E-state index in [0.717, 1.165) is 10.7 Å². The molecule has 0 aliphatic carbocycles. The predicted molar refractivity (Wildman–Crippen MR) is 70.5 cm³/mol. The Labute approximate surface area is 114 Å². The van der Waals surface area contributed by atoms with Gasteiger partial charge >= 0.3 is 5.97 Å². The summed E-state index contributed by atoms with van der Waals surface area (Å²) in [5.74, 6) is -1.19. The fourth-order valence-electron chi connectivity index (χ4n) is 1.52. The van der Waals surface area contributed by atoms with Crippen molar-refractivity contribution < 1.29 is 18.3 Å². The number of unbranched alkanes of at least 4 members (excludes halogenated alkanes) is 1. The second-order valence-corrected chi connectivity index (χ2v) is 5.76. The van der Waals surface area contributed by atoms with Crippen LogP contribution in [0.4, 0.5) is 0 Å². The Balaban J connectivity index is 4.77. The molecule has 0 bridgehead atoms. The number of carboxylic acids is 1. The third-order valence-electron chi connectivity index (χ3n) is 2.60. The quantitative estimate of drug-likeness (QED) is 0.615. The Kier molecular flexibility index (Phi) is 8.30. The lowest BCUT2D eigenvalue weighted by molar-refractivity contribution is -0.139. The summed E-state index contributed by atoms with van der Waals surface area (Å²) in [6, 6.07) is 0.741. The lowest BCUT2D eigenvalue weighted by Gasteiger charge is -2.22. The molecule has 0 spiro atoms. The third kappa shape index (κ3) is 6.52. The summed E-state index contributed by atoms with van der Waals surface area (Å²) in [5, 5.41) is 17.5. The number of nitriles is 1. The van der Waals surface area contributed by atoms with Gasteiger partial charge in [-0.2, -0.15) is 22.7 Å². The van der Waals surface area contributed by atoms with Crippen LogP contribution in [0.15, 0.2) is 0 Å². The minimum Gasteiger partial charge on any atom is -0.480 e. The van der Waals surface area contributed by atoms with Crippen molar-refractivity contribution in [1.82, 2.24) is 9.03 Å². The standard InChI is InChI=1S/C11H21N3O4S/c1-3-5-7-10(11(15)16)13-19(17,18)14(4-2)9-6-8-12/h10,13H,3-7,9H2,1-2H3,(H,15,16)/t10-/m0/s1. The molecule has 0 saturated carbocycles. The molecule has 0 fully saturated rings. The van der Waals surface area contributed by atoms with Gasteiger partial charge in [-0.25, -0.2) is 0 Å². The Morgan fingerprint density at radius 2 is 2.11 bits per heavy atom. The van der Waals surface area contributed by atoms with Gasteiger partial charge in [0.05, 0.1) is 6.07 Å². The van der Waals surface area contributed by atoms with Crippen molar-refractivity contribution in [3.8, 4) is 6.07 Å². The molecule has 0 unspecified atom stereocenters. The normalized spacial score (nSPS) is 13.2. The third-order valence-corrected chi connectivity index (χ3v) is 4.30. The second kappa shape index (κ2) is 8.85. The van der Waals surface area contributed by atoms with E-state index in [1.807, 2.05) is 13.0 Å². The van der Waals surface area contributed by atoms with Crippen molar-refractivity contribution in [3.63, 3.8) is 0 Å². The number of aliphatic carboxylic acids is 1. The summed E-state index contributed by atoms with van der Waals surface area (Å²) in [4.78, 5) is 11.0. The van der Waals surface area contributed by atoms with Crippen molar-refractivity contribution in [2.75, 3.05) is 13.1 Å². The van der Waals surface area contributed by atoms with Gasteiger partial charge in [-0.1, -0.05) is 26.7 Å². The van der Waals surface area contributed by atoms with Crippen LogP contribution in [0, 0.1) is 11.3 Å². The molecule has 7 nitrogen and oxygen atoms in total. The molecule has 0 saturated heterocycles. The minimum absolute atomic E-state index is 0.0580. The fourth-order valence-corrected chi connectivity index (χ4v) is 2.92. The smallest absolute Gasteiger partial charge is 0.321 e. The lowest BCUT2D eigenvalue weighted by atomic mass is 10.1. The van der Waals surface area contributed by atoms with Crippen LogP contribution in [-0.4, -0.2) is 42.9 Å². The first-order valence-electron chi connectivity index (χ1n) is 6.26. The van der Waals surface area contributed by atoms with Gasteiger partial charge in [0.15, 0.2) is 0 Å². The summed E-state index contributed by atoms with van der Waals surface area (Å²) in [6.45, 7) is 3.79. The summed E-state index contributed by atoms with van der Waals surface area (Å²) in [5.41, 5.74) is 0. The monoisotopic (exact) mass is 291 g/mol. The molecule has 110 valence electrons. The van der Waals surface area contributed by atoms with Gasteiger partial charge in [0.1, 0.15) is 6.04 Å². The summed E-state index contributed by atoms with van der Waals surface area (Å²) in [6.07, 6.45) is 1.74. The number of carbonyl (C=O) groups is 1. The van der Waals surface area contributed by atoms with Crippen molar-refractivity contribution >= 4 is 16.2 Å². The van der Waals surface area contributed by atoms with E-state index in [1.54, 1.807) is 6.92 Å². The lowest BCUT2D eigenvalue weighted by Crippen LogP contribution is -2.48. The van der Waals surface area contributed by atoms with Crippen molar-refractivity contribution in [2.45, 2.75) is 45.6 Å². The van der Waals surface area contributed by atoms with Gasteiger partial charge < -0.3 is 5.11 Å². The molecule has 1 atom stereocenters. The first-order valence-corrected chi connectivity index (χ1v) is 7.70. The zero-order chi connectivity index (χ0) is 14.9. The molecule has 0 radical (unpaired) electrons. The van der Waals surface area contributed by atoms with Crippen molar-refractivity contribution in [1.29, 1.82) is 5.26 Å². The van der Waals surface area contributed by atoms with Crippen LogP contribution in [-0.2, 0) is 15.0 Å². The molecule has 0 aromatic carbocycles. The van der Waals surface area contributed by atoms with Crippen LogP contribution in [0.2, 0.25) is 0 Å². The van der Waals surface area contributed by atoms with Gasteiger partial charge in [0.25, 0.3) is 10.2 Å². The van der Waals surface area contributed by atoms with Gasteiger partial charge in [0.2, 0.25) is 0 Å². The number of nitrogens with one attached hydrogen (secondary N) is 1. The van der Waals surface area contributed by atoms with Crippen molar-refractivity contribution in [2.24, 2.45) is 0 Å². The van der Waals surface area contributed by atoms with E-state index < -0.39 is 22.2 Å². The predicted octanol–water partition coefficient (Wildman–Crippen LogP) is 0.700. The van der Waals surface area contributed by atoms with E-state index in [4.69, 9.17) is 10.4 Å². The summed E-state index contributed by atoms with van der Waals surface area (Å²) >= 11 is 0. The van der Waals surface area contributed by atoms with Crippen LogP contribution < -0.4 is 4.72 Å². The number of nitrogens with zero attached hydrogens (tertiary/aromatic N) is 2. The molecule has 0 aromatic heterocycles. The highest BCUT2D eigenvalue weighted by Crippen LogP contribution is 2.06.